The summed E-state index contributed by atoms with van der Waals surface area (Å²) in [6, 6.07) is -1.52. The van der Waals surface area contributed by atoms with Crippen LogP contribution >= 0.6 is 7.82 Å². The van der Waals surface area contributed by atoms with Gasteiger partial charge in [0.15, 0.2) is 6.10 Å². The van der Waals surface area contributed by atoms with Crippen LogP contribution in [0.5, 0.6) is 0 Å². The molecule has 0 aromatic carbocycles. The summed E-state index contributed by atoms with van der Waals surface area (Å²) in [7, 11) is -4.72. The summed E-state index contributed by atoms with van der Waals surface area (Å²) in [5.74, 6) is -2.37. The minimum absolute atomic E-state index is 0.159. The van der Waals surface area contributed by atoms with Crippen molar-refractivity contribution in [2.24, 2.45) is 5.73 Å². The molecule has 58 heavy (non-hydrogen) atoms. The monoisotopic (exact) mass is 844 g/mol. The highest BCUT2D eigenvalue weighted by Crippen LogP contribution is 2.43. The van der Waals surface area contributed by atoms with Crippen molar-refractivity contribution >= 4 is 25.7 Å². The highest BCUT2D eigenvalue weighted by molar-refractivity contribution is 7.47. The molecular weight excluding hydrogens is 757 g/mol. The standard InChI is InChI=1S/C46H86NO10P/c1-3-5-7-9-11-13-15-17-19-20-21-22-24-26-28-30-32-34-36-38-45(49)57-42(40-55-58(52,53)56-41-43(47)46(50)51)39-54-44(48)37-35-33-31-29-27-25-23-18-16-14-12-10-8-6-4-2/h11,13,17,19,42-43H,3-10,12,14-16,18,20-41,47H2,1-2H3,(H,50,51)(H,52,53)/b13-11-,19-17-. The van der Waals surface area contributed by atoms with Crippen LogP contribution in [-0.2, 0) is 37.5 Å². The molecule has 0 saturated carbocycles. The van der Waals surface area contributed by atoms with Gasteiger partial charge in [-0.15, -0.1) is 0 Å². The maximum Gasteiger partial charge on any atom is 0.472 e. The molecule has 0 heterocycles. The van der Waals surface area contributed by atoms with E-state index in [1.165, 1.54) is 128 Å². The lowest BCUT2D eigenvalue weighted by atomic mass is 10.0. The molecule has 0 saturated heterocycles. The molecule has 3 atom stereocenters. The molecule has 3 unspecified atom stereocenters. The molecule has 340 valence electrons. The summed E-state index contributed by atoms with van der Waals surface area (Å²) < 4.78 is 32.8. The molecule has 12 heteroatoms. The van der Waals surface area contributed by atoms with Gasteiger partial charge in [-0.2, -0.15) is 0 Å². The number of phosphoric ester groups is 1. The summed E-state index contributed by atoms with van der Waals surface area (Å²) in [6.07, 6.45) is 43.7. The Hall–Kier alpha value is -2.04. The van der Waals surface area contributed by atoms with Crippen molar-refractivity contribution in [2.75, 3.05) is 19.8 Å². The third-order valence-electron chi connectivity index (χ3n) is 10.2. The number of allylic oxidation sites excluding steroid dienone is 4. The van der Waals surface area contributed by atoms with Crippen LogP contribution in [0.3, 0.4) is 0 Å². The number of ether oxygens (including phenoxy) is 2. The fourth-order valence-electron chi connectivity index (χ4n) is 6.51. The van der Waals surface area contributed by atoms with Crippen LogP contribution in [0.4, 0.5) is 0 Å². The number of phosphoric acid groups is 1. The van der Waals surface area contributed by atoms with E-state index in [4.69, 9.17) is 24.8 Å². The Morgan fingerprint density at radius 2 is 0.914 bits per heavy atom. The smallest absolute Gasteiger partial charge is 0.472 e. The lowest BCUT2D eigenvalue weighted by Crippen LogP contribution is -2.34. The van der Waals surface area contributed by atoms with E-state index in [-0.39, 0.29) is 19.4 Å². The molecule has 0 radical (unpaired) electrons. The molecule has 0 aromatic heterocycles. The molecule has 0 rings (SSSR count). The van der Waals surface area contributed by atoms with Crippen LogP contribution in [-0.4, -0.2) is 59.9 Å². The Morgan fingerprint density at radius 3 is 1.38 bits per heavy atom. The van der Waals surface area contributed by atoms with E-state index in [0.29, 0.717) is 12.8 Å². The number of carboxylic acids is 1. The van der Waals surface area contributed by atoms with Crippen LogP contribution in [0.25, 0.3) is 0 Å². The van der Waals surface area contributed by atoms with E-state index >= 15 is 0 Å². The van der Waals surface area contributed by atoms with E-state index in [1.54, 1.807) is 0 Å². The quantitative estimate of drug-likeness (QED) is 0.0231. The number of esters is 2. The third kappa shape index (κ3) is 40.7. The van der Waals surface area contributed by atoms with Crippen molar-refractivity contribution in [3.63, 3.8) is 0 Å². The minimum atomic E-state index is -4.72. The third-order valence-corrected chi connectivity index (χ3v) is 11.2. The van der Waals surface area contributed by atoms with Crippen molar-refractivity contribution in [3.8, 4) is 0 Å². The van der Waals surface area contributed by atoms with Gasteiger partial charge in [0.25, 0.3) is 0 Å². The van der Waals surface area contributed by atoms with Gasteiger partial charge in [-0.3, -0.25) is 23.4 Å². The number of rotatable bonds is 44. The lowest BCUT2D eigenvalue weighted by Gasteiger charge is -2.20. The predicted octanol–water partition coefficient (Wildman–Crippen LogP) is 12.6. The van der Waals surface area contributed by atoms with Crippen molar-refractivity contribution in [3.05, 3.63) is 24.3 Å². The van der Waals surface area contributed by atoms with E-state index in [1.807, 2.05) is 0 Å². The van der Waals surface area contributed by atoms with Gasteiger partial charge in [-0.25, -0.2) is 4.57 Å². The largest absolute Gasteiger partial charge is 0.480 e. The summed E-state index contributed by atoms with van der Waals surface area (Å²) in [6.45, 7) is 2.80. The van der Waals surface area contributed by atoms with E-state index < -0.39 is 51.1 Å². The number of hydrogen-bond acceptors (Lipinski definition) is 9. The van der Waals surface area contributed by atoms with Gasteiger partial charge in [-0.05, 0) is 44.9 Å². The molecule has 0 amide bonds. The van der Waals surface area contributed by atoms with Crippen LogP contribution in [0.1, 0.15) is 219 Å². The molecule has 0 bridgehead atoms. The van der Waals surface area contributed by atoms with Crippen molar-refractivity contribution < 1.29 is 47.5 Å². The molecule has 0 aliphatic heterocycles. The summed E-state index contributed by atoms with van der Waals surface area (Å²) in [5.41, 5.74) is 5.34. The molecule has 4 N–H and O–H groups in total. The summed E-state index contributed by atoms with van der Waals surface area (Å²) in [4.78, 5) is 46.0. The Bertz CT molecular complexity index is 1080. The van der Waals surface area contributed by atoms with Gasteiger partial charge >= 0.3 is 25.7 Å². The predicted molar refractivity (Wildman–Crippen MR) is 236 cm³/mol. The molecule has 0 aliphatic rings. The highest BCUT2D eigenvalue weighted by atomic mass is 31.2. The van der Waals surface area contributed by atoms with Gasteiger partial charge in [0.05, 0.1) is 13.2 Å². The Labute approximate surface area is 353 Å². The zero-order chi connectivity index (χ0) is 42.8. The SMILES string of the molecule is CCCCC/C=C\C/C=C\CCCCCCCCCCCC(=O)OC(COC(=O)CCCCCCCCCCCCCCCCC)COP(=O)(O)OCC(N)C(=O)O. The average Bonchev–Trinajstić information content (AvgIpc) is 3.20. The second-order valence-electron chi connectivity index (χ2n) is 15.9. The number of carbonyl (C=O) groups excluding carboxylic acids is 2. The maximum atomic E-state index is 12.7. The first-order chi connectivity index (χ1) is 28.1. The normalized spacial score (nSPS) is 13.9. The van der Waals surface area contributed by atoms with Crippen LogP contribution in [0, 0.1) is 0 Å². The number of nitrogens with two attached hydrogens (primary N) is 1. The highest BCUT2D eigenvalue weighted by Gasteiger charge is 2.28. The topological polar surface area (TPSA) is 172 Å². The van der Waals surface area contributed by atoms with Crippen LogP contribution in [0.2, 0.25) is 0 Å². The lowest BCUT2D eigenvalue weighted by molar-refractivity contribution is -0.161. The number of carboxylic acid groups (broad SMARTS) is 1. The van der Waals surface area contributed by atoms with Gasteiger partial charge < -0.3 is 25.2 Å². The molecular formula is C46H86NO10P. The second-order valence-corrected chi connectivity index (χ2v) is 17.3. The minimum Gasteiger partial charge on any atom is -0.480 e. The first kappa shape index (κ1) is 56.0. The summed E-state index contributed by atoms with van der Waals surface area (Å²) >= 11 is 0. The summed E-state index contributed by atoms with van der Waals surface area (Å²) in [5, 5.41) is 8.90. The average molecular weight is 844 g/mol. The zero-order valence-corrected chi connectivity index (χ0v) is 37.8. The van der Waals surface area contributed by atoms with Gasteiger partial charge in [0.2, 0.25) is 0 Å². The van der Waals surface area contributed by atoms with Crippen LogP contribution < -0.4 is 5.73 Å². The molecule has 0 spiro atoms. The van der Waals surface area contributed by atoms with E-state index in [2.05, 4.69) is 42.7 Å². The van der Waals surface area contributed by atoms with E-state index in [9.17, 15) is 23.8 Å². The Kier molecular flexibility index (Phi) is 40.2. The second kappa shape index (κ2) is 41.7. The van der Waals surface area contributed by atoms with Crippen molar-refractivity contribution in [1.82, 2.24) is 0 Å². The van der Waals surface area contributed by atoms with Gasteiger partial charge in [0, 0.05) is 12.8 Å². The molecule has 0 fully saturated rings. The maximum absolute atomic E-state index is 12.7. The van der Waals surface area contributed by atoms with Crippen LogP contribution in [0.15, 0.2) is 24.3 Å². The first-order valence-electron chi connectivity index (χ1n) is 23.4. The fraction of sp³-hybridized carbons (Fsp3) is 0.848. The van der Waals surface area contributed by atoms with Crippen molar-refractivity contribution in [2.45, 2.75) is 231 Å². The number of carbonyl (C=O) groups is 3. The molecule has 11 nitrogen and oxygen atoms in total. The Morgan fingerprint density at radius 1 is 0.534 bits per heavy atom. The van der Waals surface area contributed by atoms with E-state index in [0.717, 1.165) is 51.4 Å². The van der Waals surface area contributed by atoms with Gasteiger partial charge in [0.1, 0.15) is 12.6 Å². The zero-order valence-electron chi connectivity index (χ0n) is 36.9. The molecule has 0 aromatic rings. The number of aliphatic carboxylic acids is 1. The number of hydrogen-bond donors (Lipinski definition) is 3. The number of unbranched alkanes of at least 4 members (excludes halogenated alkanes) is 26. The molecule has 0 aliphatic carbocycles. The fourth-order valence-corrected chi connectivity index (χ4v) is 7.29. The van der Waals surface area contributed by atoms with Gasteiger partial charge in [-0.1, -0.05) is 186 Å². The first-order valence-corrected chi connectivity index (χ1v) is 24.9. The van der Waals surface area contributed by atoms with Crippen molar-refractivity contribution in [1.29, 1.82) is 0 Å². The Balaban J connectivity index is 4.30.